The van der Waals surface area contributed by atoms with Crippen LogP contribution in [0.2, 0.25) is 0 Å². The summed E-state index contributed by atoms with van der Waals surface area (Å²) in [6, 6.07) is 4.96. The maximum Gasteiger partial charge on any atom is 0.244 e. The normalized spacial score (nSPS) is 22.1. The number of hydrogen-bond donors (Lipinski definition) is 2. The highest BCUT2D eigenvalue weighted by Crippen LogP contribution is 2.25. The molecule has 2 N–H and O–H groups in total. The first-order valence-corrected chi connectivity index (χ1v) is 9.20. The van der Waals surface area contributed by atoms with Gasteiger partial charge in [-0.2, -0.15) is 0 Å². The molecule has 0 aromatic heterocycles. The fourth-order valence-corrected chi connectivity index (χ4v) is 3.82. The molecule has 1 aliphatic rings. The molecule has 0 saturated carbocycles. The lowest BCUT2D eigenvalue weighted by molar-refractivity contribution is -0.122. The molecule has 6 nitrogen and oxygen atoms in total. The van der Waals surface area contributed by atoms with Crippen molar-refractivity contribution < 1.29 is 13.2 Å². The largest absolute Gasteiger partial charge is 0.324 e. The van der Waals surface area contributed by atoms with Crippen LogP contribution in [0.5, 0.6) is 0 Å². The van der Waals surface area contributed by atoms with Crippen molar-refractivity contribution in [1.82, 2.24) is 9.62 Å². The summed E-state index contributed by atoms with van der Waals surface area (Å²) in [7, 11) is -0.553. The Morgan fingerprint density at radius 2 is 2.00 bits per heavy atom. The van der Waals surface area contributed by atoms with E-state index >= 15 is 0 Å². The number of carbonyl (C=O) groups is 1. The van der Waals surface area contributed by atoms with Gasteiger partial charge in [0.15, 0.2) is 0 Å². The molecule has 0 radical (unpaired) electrons. The SMILES string of the molecule is Cc1ccc(NC(=O)C2(C)CCCCN2)cc1S(=O)(=O)N(C)C. The standard InChI is InChI=1S/C16H25N3O3S/c1-12-7-8-13(11-14(12)23(21,22)19(3)4)18-15(20)16(2)9-5-6-10-17-16/h7-8,11,17H,5-6,9-10H2,1-4H3,(H,18,20). The first-order valence-electron chi connectivity index (χ1n) is 7.76. The minimum absolute atomic E-state index is 0.130. The van der Waals surface area contributed by atoms with E-state index in [2.05, 4.69) is 10.6 Å². The van der Waals surface area contributed by atoms with Gasteiger partial charge in [0, 0.05) is 19.8 Å². The average molecular weight is 339 g/mol. The maximum absolute atomic E-state index is 12.5. The van der Waals surface area contributed by atoms with E-state index in [9.17, 15) is 13.2 Å². The first-order chi connectivity index (χ1) is 10.7. The minimum Gasteiger partial charge on any atom is -0.324 e. The summed E-state index contributed by atoms with van der Waals surface area (Å²) >= 11 is 0. The van der Waals surface area contributed by atoms with E-state index < -0.39 is 15.6 Å². The lowest BCUT2D eigenvalue weighted by Crippen LogP contribution is -2.54. The Balaban J connectivity index is 2.26. The summed E-state index contributed by atoms with van der Waals surface area (Å²) in [6.45, 7) is 4.44. The van der Waals surface area contributed by atoms with Crippen LogP contribution in [0.15, 0.2) is 23.1 Å². The number of benzene rings is 1. The van der Waals surface area contributed by atoms with Crippen LogP contribution in [0.4, 0.5) is 5.69 Å². The number of amides is 1. The highest BCUT2D eigenvalue weighted by Gasteiger charge is 2.34. The highest BCUT2D eigenvalue weighted by atomic mass is 32.2. The molecule has 23 heavy (non-hydrogen) atoms. The molecule has 7 heteroatoms. The minimum atomic E-state index is -3.54. The van der Waals surface area contributed by atoms with Gasteiger partial charge in [-0.25, -0.2) is 12.7 Å². The second-order valence-electron chi connectivity index (χ2n) is 6.44. The molecule has 1 fully saturated rings. The van der Waals surface area contributed by atoms with Crippen molar-refractivity contribution in [3.05, 3.63) is 23.8 Å². The van der Waals surface area contributed by atoms with E-state index in [-0.39, 0.29) is 10.8 Å². The fraction of sp³-hybridized carbons (Fsp3) is 0.562. The lowest BCUT2D eigenvalue weighted by atomic mass is 9.90. The zero-order chi connectivity index (χ0) is 17.3. The number of hydrogen-bond acceptors (Lipinski definition) is 4. The number of sulfonamides is 1. The van der Waals surface area contributed by atoms with E-state index in [1.165, 1.54) is 24.5 Å². The predicted octanol–water partition coefficient (Wildman–Crippen LogP) is 1.72. The summed E-state index contributed by atoms with van der Waals surface area (Å²) in [6.07, 6.45) is 2.84. The molecule has 1 aliphatic heterocycles. The second kappa shape index (κ2) is 6.59. The van der Waals surface area contributed by atoms with Gasteiger partial charge in [-0.15, -0.1) is 0 Å². The molecular weight excluding hydrogens is 314 g/mol. The smallest absolute Gasteiger partial charge is 0.244 e. The lowest BCUT2D eigenvalue weighted by Gasteiger charge is -2.33. The molecular formula is C16H25N3O3S. The second-order valence-corrected chi connectivity index (χ2v) is 8.56. The Bertz CT molecular complexity index is 693. The van der Waals surface area contributed by atoms with Crippen LogP contribution in [-0.2, 0) is 14.8 Å². The number of anilines is 1. The third-order valence-corrected chi connectivity index (χ3v) is 6.28. The van der Waals surface area contributed by atoms with E-state index in [0.717, 1.165) is 25.8 Å². The topological polar surface area (TPSA) is 78.5 Å². The molecule has 1 aromatic rings. The molecule has 1 saturated heterocycles. The zero-order valence-electron chi connectivity index (χ0n) is 14.1. The van der Waals surface area contributed by atoms with Gasteiger partial charge < -0.3 is 10.6 Å². The third-order valence-electron chi connectivity index (χ3n) is 4.32. The molecule has 0 spiro atoms. The first kappa shape index (κ1) is 17.9. The van der Waals surface area contributed by atoms with Crippen LogP contribution < -0.4 is 10.6 Å². The Kier molecular flexibility index (Phi) is 5.13. The van der Waals surface area contributed by atoms with Crippen molar-refractivity contribution >= 4 is 21.6 Å². The Morgan fingerprint density at radius 3 is 2.57 bits per heavy atom. The van der Waals surface area contributed by atoms with Crippen LogP contribution >= 0.6 is 0 Å². The highest BCUT2D eigenvalue weighted by molar-refractivity contribution is 7.89. The fourth-order valence-electron chi connectivity index (χ4n) is 2.67. The van der Waals surface area contributed by atoms with Crippen LogP contribution in [0.1, 0.15) is 31.7 Å². The average Bonchev–Trinajstić information content (AvgIpc) is 2.49. The van der Waals surface area contributed by atoms with Crippen LogP contribution in [0, 0.1) is 6.92 Å². The van der Waals surface area contributed by atoms with Gasteiger partial charge in [0.05, 0.1) is 10.4 Å². The number of piperidine rings is 1. The van der Waals surface area contributed by atoms with E-state index in [1.54, 1.807) is 19.1 Å². The number of aryl methyl sites for hydroxylation is 1. The van der Waals surface area contributed by atoms with Crippen molar-refractivity contribution in [2.75, 3.05) is 26.0 Å². The molecule has 2 rings (SSSR count). The summed E-state index contributed by atoms with van der Waals surface area (Å²) in [5.41, 5.74) is 0.539. The zero-order valence-corrected chi connectivity index (χ0v) is 15.0. The molecule has 1 heterocycles. The van der Waals surface area contributed by atoms with E-state index in [0.29, 0.717) is 11.3 Å². The van der Waals surface area contributed by atoms with E-state index in [4.69, 9.17) is 0 Å². The number of rotatable bonds is 4. The third kappa shape index (κ3) is 3.73. The van der Waals surface area contributed by atoms with Crippen molar-refractivity contribution in [2.45, 2.75) is 43.5 Å². The number of nitrogens with one attached hydrogen (secondary N) is 2. The molecule has 128 valence electrons. The van der Waals surface area contributed by atoms with Gasteiger partial charge in [0.1, 0.15) is 0 Å². The molecule has 1 aromatic carbocycles. The van der Waals surface area contributed by atoms with Gasteiger partial charge >= 0.3 is 0 Å². The maximum atomic E-state index is 12.5. The van der Waals surface area contributed by atoms with Gasteiger partial charge in [-0.05, 0) is 57.4 Å². The number of nitrogens with zero attached hydrogens (tertiary/aromatic N) is 1. The summed E-state index contributed by atoms with van der Waals surface area (Å²) in [5.74, 6) is -0.130. The predicted molar refractivity (Wildman–Crippen MR) is 90.9 cm³/mol. The molecule has 1 amide bonds. The summed E-state index contributed by atoms with van der Waals surface area (Å²) < 4.78 is 25.9. The van der Waals surface area contributed by atoms with Gasteiger partial charge in [-0.3, -0.25) is 4.79 Å². The van der Waals surface area contributed by atoms with Crippen molar-refractivity contribution in [3.63, 3.8) is 0 Å². The van der Waals surface area contributed by atoms with Crippen molar-refractivity contribution in [3.8, 4) is 0 Å². The Labute approximate surface area is 138 Å². The van der Waals surface area contributed by atoms with Gasteiger partial charge in [0.25, 0.3) is 0 Å². The van der Waals surface area contributed by atoms with Gasteiger partial charge in [-0.1, -0.05) is 6.07 Å². The Morgan fingerprint density at radius 1 is 1.30 bits per heavy atom. The quantitative estimate of drug-likeness (QED) is 0.875. The number of carbonyl (C=O) groups excluding carboxylic acids is 1. The monoisotopic (exact) mass is 339 g/mol. The summed E-state index contributed by atoms with van der Waals surface area (Å²) in [4.78, 5) is 12.7. The molecule has 0 aliphatic carbocycles. The summed E-state index contributed by atoms with van der Waals surface area (Å²) in [5, 5.41) is 6.10. The van der Waals surface area contributed by atoms with Crippen LogP contribution in [0.25, 0.3) is 0 Å². The molecule has 1 unspecified atom stereocenters. The van der Waals surface area contributed by atoms with E-state index in [1.807, 2.05) is 6.92 Å². The van der Waals surface area contributed by atoms with Crippen LogP contribution in [-0.4, -0.2) is 44.8 Å². The van der Waals surface area contributed by atoms with Crippen molar-refractivity contribution in [2.24, 2.45) is 0 Å². The van der Waals surface area contributed by atoms with Crippen molar-refractivity contribution in [1.29, 1.82) is 0 Å². The van der Waals surface area contributed by atoms with Crippen LogP contribution in [0.3, 0.4) is 0 Å². The molecule has 1 atom stereocenters. The Hall–Kier alpha value is -1.44. The van der Waals surface area contributed by atoms with Gasteiger partial charge in [0.2, 0.25) is 15.9 Å². The molecule has 0 bridgehead atoms.